The molecular formula is C22H19F2NO3. The van der Waals surface area contributed by atoms with E-state index in [4.69, 9.17) is 9.47 Å². The minimum Gasteiger partial charge on any atom is -0.497 e. The van der Waals surface area contributed by atoms with Gasteiger partial charge in [0, 0.05) is 24.3 Å². The molecule has 6 heteroatoms. The van der Waals surface area contributed by atoms with Crippen molar-refractivity contribution < 1.29 is 23.0 Å². The zero-order valence-corrected chi connectivity index (χ0v) is 15.2. The van der Waals surface area contributed by atoms with Crippen molar-refractivity contribution in [1.82, 2.24) is 5.32 Å². The molecule has 1 aliphatic heterocycles. The molecule has 1 saturated carbocycles. The molecule has 2 aromatic carbocycles. The van der Waals surface area contributed by atoms with Gasteiger partial charge in [0.05, 0.1) is 13.2 Å². The molecule has 4 rings (SSSR count). The van der Waals surface area contributed by atoms with Gasteiger partial charge in [-0.15, -0.1) is 0 Å². The number of alkyl halides is 2. The number of hydrogen-bond acceptors (Lipinski definition) is 3. The number of cyclic esters (lactones) is 1. The molecule has 0 aromatic heterocycles. The highest BCUT2D eigenvalue weighted by atomic mass is 19.3. The van der Waals surface area contributed by atoms with Crippen LogP contribution in [0.3, 0.4) is 0 Å². The summed E-state index contributed by atoms with van der Waals surface area (Å²) in [5.41, 5.74) is 2.37. The highest BCUT2D eigenvalue weighted by Crippen LogP contribution is 2.42. The van der Waals surface area contributed by atoms with Crippen LogP contribution in [0.2, 0.25) is 0 Å². The molecule has 0 radical (unpaired) electrons. The molecule has 2 fully saturated rings. The molecule has 1 heterocycles. The zero-order valence-electron chi connectivity index (χ0n) is 15.2. The Hall–Kier alpha value is -3.07. The normalized spacial score (nSPS) is 23.0. The number of nitrogens with one attached hydrogen (secondary N) is 1. The van der Waals surface area contributed by atoms with Crippen LogP contribution in [-0.4, -0.2) is 19.1 Å². The van der Waals surface area contributed by atoms with Crippen molar-refractivity contribution in [2.45, 2.75) is 30.9 Å². The maximum absolute atomic E-state index is 12.9. The summed E-state index contributed by atoms with van der Waals surface area (Å²) in [5.74, 6) is 3.72. The molecule has 0 spiro atoms. The monoisotopic (exact) mass is 383 g/mol. The van der Waals surface area contributed by atoms with E-state index in [9.17, 15) is 13.6 Å². The van der Waals surface area contributed by atoms with Crippen molar-refractivity contribution in [2.24, 2.45) is 5.92 Å². The molecule has 2 aromatic rings. The highest BCUT2D eigenvalue weighted by Gasteiger charge is 2.44. The quantitative estimate of drug-likeness (QED) is 0.787. The largest absolute Gasteiger partial charge is 0.497 e. The zero-order chi connectivity index (χ0) is 19.7. The van der Waals surface area contributed by atoms with Crippen LogP contribution in [0.25, 0.3) is 0 Å². The number of halogens is 2. The Labute approximate surface area is 161 Å². The molecule has 1 N–H and O–H groups in total. The summed E-state index contributed by atoms with van der Waals surface area (Å²) in [6.45, 7) is 0. The van der Waals surface area contributed by atoms with Gasteiger partial charge < -0.3 is 14.8 Å². The molecule has 0 unspecified atom stereocenters. The number of carbonyl (C=O) groups is 1. The average Bonchev–Trinajstić information content (AvgIpc) is 3.07. The third kappa shape index (κ3) is 3.79. The summed E-state index contributed by atoms with van der Waals surface area (Å²) >= 11 is 0. The maximum atomic E-state index is 12.9. The van der Waals surface area contributed by atoms with E-state index < -0.39 is 18.1 Å². The minimum atomic E-state index is -2.57. The first-order valence-corrected chi connectivity index (χ1v) is 9.04. The first kappa shape index (κ1) is 18.3. The number of carbonyl (C=O) groups excluding carboxylic acids is 1. The predicted molar refractivity (Wildman–Crippen MR) is 99.1 cm³/mol. The lowest BCUT2D eigenvalue weighted by Gasteiger charge is -2.31. The Morgan fingerprint density at radius 2 is 1.89 bits per heavy atom. The van der Waals surface area contributed by atoms with Crippen molar-refractivity contribution in [2.75, 3.05) is 7.11 Å². The van der Waals surface area contributed by atoms with Gasteiger partial charge in [-0.05, 0) is 35.4 Å². The number of amides is 1. The lowest BCUT2D eigenvalue weighted by Crippen LogP contribution is -2.34. The van der Waals surface area contributed by atoms with Crippen LogP contribution in [0.1, 0.15) is 41.7 Å². The molecule has 1 amide bonds. The summed E-state index contributed by atoms with van der Waals surface area (Å²) < 4.78 is 36.6. The van der Waals surface area contributed by atoms with Gasteiger partial charge >= 0.3 is 6.09 Å². The van der Waals surface area contributed by atoms with E-state index in [0.717, 1.165) is 16.7 Å². The van der Waals surface area contributed by atoms with Gasteiger partial charge in [0.15, 0.2) is 6.10 Å². The summed E-state index contributed by atoms with van der Waals surface area (Å²) in [4.78, 5) is 11.9. The van der Waals surface area contributed by atoms with Crippen LogP contribution in [0.15, 0.2) is 48.5 Å². The van der Waals surface area contributed by atoms with Gasteiger partial charge in [0.25, 0.3) is 5.92 Å². The molecule has 0 bridgehead atoms. The first-order valence-electron chi connectivity index (χ1n) is 9.04. The second-order valence-electron chi connectivity index (χ2n) is 7.08. The minimum absolute atomic E-state index is 0.176. The van der Waals surface area contributed by atoms with Crippen molar-refractivity contribution in [3.63, 3.8) is 0 Å². The van der Waals surface area contributed by atoms with E-state index in [2.05, 4.69) is 17.2 Å². The van der Waals surface area contributed by atoms with Crippen molar-refractivity contribution in [1.29, 1.82) is 0 Å². The Bertz CT molecular complexity index is 955. The topological polar surface area (TPSA) is 47.6 Å². The number of benzene rings is 2. The Kier molecular flexibility index (Phi) is 4.68. The van der Waals surface area contributed by atoms with Crippen LogP contribution >= 0.6 is 0 Å². The van der Waals surface area contributed by atoms with E-state index in [1.54, 1.807) is 7.11 Å². The number of rotatable bonds is 3. The summed E-state index contributed by atoms with van der Waals surface area (Å²) in [6, 6.07) is 14.4. The molecule has 28 heavy (non-hydrogen) atoms. The van der Waals surface area contributed by atoms with Gasteiger partial charge in [-0.3, -0.25) is 0 Å². The second kappa shape index (κ2) is 7.16. The number of ether oxygens (including phenoxy) is 2. The average molecular weight is 383 g/mol. The van der Waals surface area contributed by atoms with Gasteiger partial charge in [-0.2, -0.15) is 0 Å². The van der Waals surface area contributed by atoms with Crippen molar-refractivity contribution in [3.05, 3.63) is 65.2 Å². The smallest absolute Gasteiger partial charge is 0.408 e. The number of alkyl carbamates (subject to hydrolysis) is 1. The SMILES string of the molecule is COc1cccc([C@H]2OC(=O)N[C@@H]2c2cccc(C#CC3CC(F)(F)C3)c2)c1. The Morgan fingerprint density at radius 1 is 1.14 bits per heavy atom. The van der Waals surface area contributed by atoms with Crippen LogP contribution in [0, 0.1) is 17.8 Å². The standard InChI is InChI=1S/C22H19F2NO3/c1-27-18-7-3-6-17(11-18)20-19(25-21(26)28-20)16-5-2-4-14(10-16)8-9-15-12-22(23,24)13-15/h2-7,10-11,15,19-20H,12-13H2,1H3,(H,25,26)/t19-,20-/m1/s1. The fourth-order valence-corrected chi connectivity index (χ4v) is 3.52. The molecule has 1 aliphatic carbocycles. The number of methoxy groups -OCH3 is 1. The Morgan fingerprint density at radius 3 is 2.64 bits per heavy atom. The van der Waals surface area contributed by atoms with Gasteiger partial charge in [-0.25, -0.2) is 13.6 Å². The summed E-state index contributed by atoms with van der Waals surface area (Å²) in [7, 11) is 1.58. The van der Waals surface area contributed by atoms with Crippen LogP contribution in [0.4, 0.5) is 13.6 Å². The van der Waals surface area contributed by atoms with Gasteiger partial charge in [-0.1, -0.05) is 36.1 Å². The molecule has 144 valence electrons. The lowest BCUT2D eigenvalue weighted by atomic mass is 9.82. The first-order chi connectivity index (χ1) is 13.4. The number of hydrogen-bond donors (Lipinski definition) is 1. The summed E-state index contributed by atoms with van der Waals surface area (Å²) in [5, 5.41) is 2.83. The third-order valence-corrected chi connectivity index (χ3v) is 4.99. The molecular weight excluding hydrogens is 364 g/mol. The molecule has 2 aliphatic rings. The van der Waals surface area contributed by atoms with Gasteiger partial charge in [0.1, 0.15) is 5.75 Å². The Balaban J connectivity index is 1.57. The molecule has 4 nitrogen and oxygen atoms in total. The van der Waals surface area contributed by atoms with Gasteiger partial charge in [0.2, 0.25) is 0 Å². The fraction of sp³-hybridized carbons (Fsp3) is 0.318. The van der Waals surface area contributed by atoms with E-state index >= 15 is 0 Å². The van der Waals surface area contributed by atoms with E-state index in [0.29, 0.717) is 5.75 Å². The second-order valence-corrected chi connectivity index (χ2v) is 7.08. The van der Waals surface area contributed by atoms with Crippen LogP contribution in [0.5, 0.6) is 5.75 Å². The summed E-state index contributed by atoms with van der Waals surface area (Å²) in [6.07, 6.45) is -1.35. The highest BCUT2D eigenvalue weighted by molar-refractivity contribution is 5.71. The van der Waals surface area contributed by atoms with Crippen LogP contribution in [-0.2, 0) is 4.74 Å². The molecule has 2 atom stereocenters. The predicted octanol–water partition coefficient (Wildman–Crippen LogP) is 4.61. The van der Waals surface area contributed by atoms with Crippen LogP contribution < -0.4 is 10.1 Å². The van der Waals surface area contributed by atoms with Crippen molar-refractivity contribution >= 4 is 6.09 Å². The van der Waals surface area contributed by atoms with Crippen molar-refractivity contribution in [3.8, 4) is 17.6 Å². The lowest BCUT2D eigenvalue weighted by molar-refractivity contribution is -0.0936. The fourth-order valence-electron chi connectivity index (χ4n) is 3.52. The molecule has 1 saturated heterocycles. The maximum Gasteiger partial charge on any atom is 0.408 e. The van der Waals surface area contributed by atoms with E-state index in [-0.39, 0.29) is 24.8 Å². The van der Waals surface area contributed by atoms with E-state index in [1.807, 2.05) is 48.5 Å². The third-order valence-electron chi connectivity index (χ3n) is 4.99. The van der Waals surface area contributed by atoms with E-state index in [1.165, 1.54) is 0 Å².